The minimum atomic E-state index is -0.951. The Labute approximate surface area is 123 Å². The number of carboxylic acids is 1. The minimum absolute atomic E-state index is 0.0150. The van der Waals surface area contributed by atoms with Crippen LogP contribution in [0.25, 0.3) is 10.9 Å². The van der Waals surface area contributed by atoms with Gasteiger partial charge in [-0.3, -0.25) is 14.2 Å². The van der Waals surface area contributed by atoms with Crippen molar-refractivity contribution in [2.75, 3.05) is 20.6 Å². The average molecular weight is 288 g/mol. The highest BCUT2D eigenvalue weighted by Crippen LogP contribution is 2.22. The molecule has 0 atom stereocenters. The first kappa shape index (κ1) is 15.3. The van der Waals surface area contributed by atoms with E-state index in [4.69, 9.17) is 5.11 Å². The number of carboxylic acid groups (broad SMARTS) is 1. The monoisotopic (exact) mass is 288 g/mol. The summed E-state index contributed by atoms with van der Waals surface area (Å²) >= 11 is 0. The SMILES string of the molecule is CN(C)CCc1cn(C(=O)CCC(=O)O)c2ccccc12. The molecule has 112 valence electrons. The molecule has 0 saturated carbocycles. The predicted molar refractivity (Wildman–Crippen MR) is 81.7 cm³/mol. The highest BCUT2D eigenvalue weighted by Gasteiger charge is 2.14. The van der Waals surface area contributed by atoms with E-state index in [9.17, 15) is 9.59 Å². The van der Waals surface area contributed by atoms with E-state index in [1.54, 1.807) is 4.57 Å². The lowest BCUT2D eigenvalue weighted by Gasteiger charge is -2.07. The van der Waals surface area contributed by atoms with E-state index in [-0.39, 0.29) is 18.7 Å². The van der Waals surface area contributed by atoms with E-state index in [1.165, 1.54) is 0 Å². The van der Waals surface area contributed by atoms with Gasteiger partial charge in [0, 0.05) is 24.5 Å². The quantitative estimate of drug-likeness (QED) is 0.885. The number of hydrogen-bond acceptors (Lipinski definition) is 3. The lowest BCUT2D eigenvalue weighted by molar-refractivity contribution is -0.136. The minimum Gasteiger partial charge on any atom is -0.481 e. The number of carbonyl (C=O) groups excluding carboxylic acids is 1. The molecule has 5 heteroatoms. The molecule has 0 amide bonds. The second-order valence-electron chi connectivity index (χ2n) is 5.38. The fourth-order valence-electron chi connectivity index (χ4n) is 2.33. The molecule has 0 unspecified atom stereocenters. The highest BCUT2D eigenvalue weighted by atomic mass is 16.4. The molecule has 2 rings (SSSR count). The van der Waals surface area contributed by atoms with Crippen LogP contribution in [-0.4, -0.2) is 47.1 Å². The van der Waals surface area contributed by atoms with Gasteiger partial charge in [0.25, 0.3) is 0 Å². The molecule has 0 aliphatic heterocycles. The molecule has 1 N–H and O–H groups in total. The van der Waals surface area contributed by atoms with Crippen LogP contribution in [0.3, 0.4) is 0 Å². The summed E-state index contributed by atoms with van der Waals surface area (Å²) in [7, 11) is 4.02. The van der Waals surface area contributed by atoms with Gasteiger partial charge in [-0.25, -0.2) is 0 Å². The number of aliphatic carboxylic acids is 1. The Balaban J connectivity index is 2.31. The third-order valence-corrected chi connectivity index (χ3v) is 3.44. The van der Waals surface area contributed by atoms with Gasteiger partial charge < -0.3 is 10.0 Å². The Morgan fingerprint density at radius 2 is 1.90 bits per heavy atom. The Bertz CT molecular complexity index is 659. The van der Waals surface area contributed by atoms with Gasteiger partial charge in [0.15, 0.2) is 0 Å². The predicted octanol–water partition coefficient (Wildman–Crippen LogP) is 2.25. The molecule has 21 heavy (non-hydrogen) atoms. The van der Waals surface area contributed by atoms with Crippen molar-refractivity contribution in [2.45, 2.75) is 19.3 Å². The summed E-state index contributed by atoms with van der Waals surface area (Å²) in [5.41, 5.74) is 1.96. The van der Waals surface area contributed by atoms with Gasteiger partial charge in [0.1, 0.15) is 0 Å². The second-order valence-corrected chi connectivity index (χ2v) is 5.38. The van der Waals surface area contributed by atoms with Gasteiger partial charge in [-0.1, -0.05) is 18.2 Å². The van der Waals surface area contributed by atoms with E-state index < -0.39 is 5.97 Å². The molecule has 0 fully saturated rings. The molecular weight excluding hydrogens is 268 g/mol. The largest absolute Gasteiger partial charge is 0.481 e. The third-order valence-electron chi connectivity index (χ3n) is 3.44. The van der Waals surface area contributed by atoms with Crippen molar-refractivity contribution in [1.82, 2.24) is 9.47 Å². The normalized spacial score (nSPS) is 11.2. The molecule has 1 heterocycles. The molecular formula is C16H20N2O3. The van der Waals surface area contributed by atoms with Crippen LogP contribution < -0.4 is 0 Å². The number of rotatable bonds is 6. The lowest BCUT2D eigenvalue weighted by atomic mass is 10.1. The fraction of sp³-hybridized carbons (Fsp3) is 0.375. The summed E-state index contributed by atoms with van der Waals surface area (Å²) < 4.78 is 1.59. The molecule has 0 saturated heterocycles. The van der Waals surface area contributed by atoms with Crippen molar-refractivity contribution in [1.29, 1.82) is 0 Å². The Morgan fingerprint density at radius 1 is 1.19 bits per heavy atom. The van der Waals surface area contributed by atoms with Gasteiger partial charge in [-0.05, 0) is 32.1 Å². The van der Waals surface area contributed by atoms with Crippen LogP contribution in [-0.2, 0) is 11.2 Å². The Kier molecular flexibility index (Phi) is 4.75. The number of hydrogen-bond donors (Lipinski definition) is 1. The first-order valence-electron chi connectivity index (χ1n) is 6.97. The molecule has 0 spiro atoms. The van der Waals surface area contributed by atoms with Gasteiger partial charge in [-0.15, -0.1) is 0 Å². The number of nitrogens with zero attached hydrogens (tertiary/aromatic N) is 2. The topological polar surface area (TPSA) is 62.5 Å². The molecule has 0 aliphatic carbocycles. The summed E-state index contributed by atoms with van der Waals surface area (Å²) in [6.45, 7) is 0.900. The average Bonchev–Trinajstić information content (AvgIpc) is 2.81. The van der Waals surface area contributed by atoms with Gasteiger partial charge in [-0.2, -0.15) is 0 Å². The number of aromatic nitrogens is 1. The zero-order valence-electron chi connectivity index (χ0n) is 12.4. The molecule has 0 bridgehead atoms. The molecule has 1 aromatic carbocycles. The zero-order valence-corrected chi connectivity index (χ0v) is 12.4. The fourth-order valence-corrected chi connectivity index (χ4v) is 2.33. The molecule has 1 aromatic heterocycles. The number of para-hydroxylation sites is 1. The van der Waals surface area contributed by atoms with Crippen LogP contribution in [0, 0.1) is 0 Å². The second kappa shape index (κ2) is 6.54. The standard InChI is InChI=1S/C16H20N2O3/c1-17(2)10-9-12-11-18(15(19)7-8-16(20)21)14-6-4-3-5-13(12)14/h3-6,11H,7-10H2,1-2H3,(H,20,21). The maximum Gasteiger partial charge on any atom is 0.303 e. The van der Waals surface area contributed by atoms with Crippen molar-refractivity contribution in [3.05, 3.63) is 36.0 Å². The van der Waals surface area contributed by atoms with E-state index in [0.29, 0.717) is 0 Å². The van der Waals surface area contributed by atoms with Crippen LogP contribution in [0.15, 0.2) is 30.5 Å². The van der Waals surface area contributed by atoms with Crippen LogP contribution in [0.4, 0.5) is 0 Å². The van der Waals surface area contributed by atoms with E-state index >= 15 is 0 Å². The van der Waals surface area contributed by atoms with Crippen molar-refractivity contribution >= 4 is 22.8 Å². The van der Waals surface area contributed by atoms with Crippen LogP contribution in [0.2, 0.25) is 0 Å². The molecule has 0 aliphatic rings. The number of likely N-dealkylation sites (N-methyl/N-ethyl adjacent to an activating group) is 1. The summed E-state index contributed by atoms with van der Waals surface area (Å²) in [6.07, 6.45) is 2.57. The number of fused-ring (bicyclic) bond motifs is 1. The summed E-state index contributed by atoms with van der Waals surface area (Å²) in [5.74, 6) is -1.13. The Hall–Kier alpha value is -2.14. The first-order chi connectivity index (χ1) is 9.99. The highest BCUT2D eigenvalue weighted by molar-refractivity contribution is 5.95. The van der Waals surface area contributed by atoms with E-state index in [0.717, 1.165) is 29.4 Å². The maximum absolute atomic E-state index is 12.2. The van der Waals surface area contributed by atoms with Gasteiger partial charge in [0.2, 0.25) is 5.91 Å². The number of benzene rings is 1. The summed E-state index contributed by atoms with van der Waals surface area (Å²) in [5, 5.41) is 9.76. The summed E-state index contributed by atoms with van der Waals surface area (Å²) in [4.78, 5) is 24.9. The van der Waals surface area contributed by atoms with Crippen LogP contribution in [0.5, 0.6) is 0 Å². The van der Waals surface area contributed by atoms with Crippen molar-refractivity contribution in [3.63, 3.8) is 0 Å². The molecule has 0 radical (unpaired) electrons. The first-order valence-corrected chi connectivity index (χ1v) is 6.97. The van der Waals surface area contributed by atoms with Gasteiger partial charge in [0.05, 0.1) is 11.9 Å². The lowest BCUT2D eigenvalue weighted by Crippen LogP contribution is -2.15. The van der Waals surface area contributed by atoms with Crippen molar-refractivity contribution < 1.29 is 14.7 Å². The molecule has 2 aromatic rings. The van der Waals surface area contributed by atoms with E-state index in [1.807, 2.05) is 44.6 Å². The maximum atomic E-state index is 12.2. The van der Waals surface area contributed by atoms with E-state index in [2.05, 4.69) is 4.90 Å². The molecule has 5 nitrogen and oxygen atoms in total. The van der Waals surface area contributed by atoms with Crippen molar-refractivity contribution in [3.8, 4) is 0 Å². The zero-order chi connectivity index (χ0) is 15.4. The third kappa shape index (κ3) is 3.70. The van der Waals surface area contributed by atoms with Crippen LogP contribution >= 0.6 is 0 Å². The van der Waals surface area contributed by atoms with Crippen molar-refractivity contribution in [2.24, 2.45) is 0 Å². The number of carbonyl (C=O) groups is 2. The van der Waals surface area contributed by atoms with Gasteiger partial charge >= 0.3 is 5.97 Å². The Morgan fingerprint density at radius 3 is 2.57 bits per heavy atom. The van der Waals surface area contributed by atoms with Crippen LogP contribution in [0.1, 0.15) is 23.2 Å². The smallest absolute Gasteiger partial charge is 0.303 e. The summed E-state index contributed by atoms with van der Waals surface area (Å²) in [6, 6.07) is 7.74.